The largest absolute Gasteiger partial charge is 0.445 e. The summed E-state index contributed by atoms with van der Waals surface area (Å²) in [5.41, 5.74) is 0.977. The zero-order chi connectivity index (χ0) is 33.7. The quantitative estimate of drug-likeness (QED) is 0.227. The Morgan fingerprint density at radius 3 is 1.89 bits per heavy atom. The average Bonchev–Trinajstić information content (AvgIpc) is 3.83. The Bertz CT molecular complexity index is 1520. The molecule has 4 atom stereocenters. The zero-order valence-electron chi connectivity index (χ0n) is 25.3. The summed E-state index contributed by atoms with van der Waals surface area (Å²) in [6.07, 6.45) is 0.549. The molecule has 47 heavy (non-hydrogen) atoms. The van der Waals surface area contributed by atoms with E-state index in [1.807, 2.05) is 0 Å². The molecule has 4 amide bonds. The van der Waals surface area contributed by atoms with Crippen LogP contribution in [0.3, 0.4) is 0 Å². The minimum absolute atomic E-state index is 0.0747. The van der Waals surface area contributed by atoms with Crippen LogP contribution in [0.5, 0.6) is 0 Å². The lowest BCUT2D eigenvalue weighted by molar-refractivity contribution is -0.385. The number of nitrogens with one attached hydrogen (secondary N) is 1. The summed E-state index contributed by atoms with van der Waals surface area (Å²) >= 11 is 4.49. The van der Waals surface area contributed by atoms with Crippen LogP contribution < -0.4 is 5.32 Å². The van der Waals surface area contributed by atoms with Gasteiger partial charge in [0.15, 0.2) is 0 Å². The van der Waals surface area contributed by atoms with Crippen LogP contribution in [-0.2, 0) is 32.3 Å². The predicted molar refractivity (Wildman–Crippen MR) is 167 cm³/mol. The van der Waals surface area contributed by atoms with Crippen LogP contribution in [0.2, 0.25) is 0 Å². The minimum Gasteiger partial charge on any atom is -0.445 e. The number of likely N-dealkylation sites (tertiary alicyclic amines) is 3. The number of non-ortho nitro benzene ring substituents is 2. The number of rotatable bonds is 9. The van der Waals surface area contributed by atoms with Crippen molar-refractivity contribution >= 4 is 48.0 Å². The van der Waals surface area contributed by atoms with Crippen molar-refractivity contribution in [1.29, 1.82) is 0 Å². The third kappa shape index (κ3) is 8.08. The van der Waals surface area contributed by atoms with Gasteiger partial charge in [-0.25, -0.2) is 9.59 Å². The van der Waals surface area contributed by atoms with Crippen molar-refractivity contribution in [3.8, 4) is 0 Å². The van der Waals surface area contributed by atoms with Crippen molar-refractivity contribution in [1.82, 2.24) is 20.0 Å². The number of thiol groups is 1. The van der Waals surface area contributed by atoms with Crippen molar-refractivity contribution in [2.75, 3.05) is 26.2 Å². The Morgan fingerprint density at radius 1 is 0.787 bits per heavy atom. The molecule has 0 spiro atoms. The molecule has 0 aliphatic carbocycles. The van der Waals surface area contributed by atoms with Gasteiger partial charge in [-0.2, -0.15) is 12.6 Å². The fourth-order valence-electron chi connectivity index (χ4n) is 5.98. The fourth-order valence-corrected chi connectivity index (χ4v) is 6.35. The molecule has 3 fully saturated rings. The average molecular weight is 671 g/mol. The first-order valence-electron chi connectivity index (χ1n) is 15.1. The first-order valence-corrected chi connectivity index (χ1v) is 15.6. The van der Waals surface area contributed by atoms with Crippen LogP contribution in [0, 0.1) is 20.2 Å². The summed E-state index contributed by atoms with van der Waals surface area (Å²) in [5, 5.41) is 24.4. The van der Waals surface area contributed by atoms with Gasteiger partial charge in [-0.1, -0.05) is 0 Å². The van der Waals surface area contributed by atoms with Crippen molar-refractivity contribution in [2.24, 2.45) is 0 Å². The van der Waals surface area contributed by atoms with Crippen molar-refractivity contribution in [3.63, 3.8) is 0 Å². The van der Waals surface area contributed by atoms with E-state index in [4.69, 9.17) is 9.47 Å². The lowest BCUT2D eigenvalue weighted by Gasteiger charge is -2.28. The number of hydrogen-bond acceptors (Lipinski definition) is 11. The van der Waals surface area contributed by atoms with E-state index in [0.717, 1.165) is 0 Å². The number of ether oxygens (including phenoxy) is 2. The summed E-state index contributed by atoms with van der Waals surface area (Å²) in [7, 11) is 0. The molecule has 0 unspecified atom stereocenters. The maximum atomic E-state index is 13.5. The summed E-state index contributed by atoms with van der Waals surface area (Å²) < 4.78 is 10.8. The van der Waals surface area contributed by atoms with E-state index in [-0.39, 0.29) is 60.8 Å². The summed E-state index contributed by atoms with van der Waals surface area (Å²) in [6.45, 7) is 0.944. The monoisotopic (exact) mass is 670 g/mol. The fraction of sp³-hybridized carbons (Fsp3) is 0.467. The number of hydrogen-bond donors (Lipinski definition) is 2. The molecule has 0 radical (unpaired) electrons. The van der Waals surface area contributed by atoms with Gasteiger partial charge in [0.25, 0.3) is 11.4 Å². The molecule has 3 heterocycles. The molecule has 0 aromatic heterocycles. The number of benzene rings is 2. The molecule has 1 N–H and O–H groups in total. The lowest BCUT2D eigenvalue weighted by atomic mass is 10.1. The van der Waals surface area contributed by atoms with Gasteiger partial charge >= 0.3 is 12.2 Å². The van der Waals surface area contributed by atoms with Crippen LogP contribution in [0.25, 0.3) is 0 Å². The summed E-state index contributed by atoms with van der Waals surface area (Å²) in [5.74, 6) is -0.621. The minimum atomic E-state index is -0.785. The van der Waals surface area contributed by atoms with E-state index in [9.17, 15) is 39.4 Å². The maximum absolute atomic E-state index is 13.5. The number of nitro groups is 2. The zero-order valence-corrected chi connectivity index (χ0v) is 26.2. The number of carbonyl (C=O) groups excluding carboxylic acids is 4. The molecule has 3 aliphatic heterocycles. The van der Waals surface area contributed by atoms with Gasteiger partial charge in [0.2, 0.25) is 11.8 Å². The SMILES string of the molecule is O=C(N[C@@H]1CCN(C(=O)[C@@H]2C[C@H](S)CN2C(=O)OCc2ccc([N+](=O)[O-])cc2)C1)[C@H]1CCCN1C(=O)OCc1ccc([N+](=O)[O-])cc1. The first kappa shape index (κ1) is 33.4. The number of nitrogens with zero attached hydrogens (tertiary/aromatic N) is 5. The second kappa shape index (κ2) is 14.7. The van der Waals surface area contributed by atoms with Gasteiger partial charge in [-0.05, 0) is 61.1 Å². The van der Waals surface area contributed by atoms with Crippen molar-refractivity contribution in [3.05, 3.63) is 79.9 Å². The molecular weight excluding hydrogens is 636 g/mol. The second-order valence-corrected chi connectivity index (χ2v) is 12.4. The molecule has 2 aromatic carbocycles. The molecule has 5 rings (SSSR count). The predicted octanol–water partition coefficient (Wildman–Crippen LogP) is 3.03. The normalized spacial score (nSPS) is 22.2. The molecule has 0 bridgehead atoms. The van der Waals surface area contributed by atoms with Crippen molar-refractivity contribution < 1.29 is 38.5 Å². The Morgan fingerprint density at radius 2 is 1.34 bits per heavy atom. The van der Waals surface area contributed by atoms with E-state index in [2.05, 4.69) is 17.9 Å². The van der Waals surface area contributed by atoms with Gasteiger partial charge in [-0.15, -0.1) is 0 Å². The number of carbonyl (C=O) groups is 4. The molecule has 3 saturated heterocycles. The Kier molecular flexibility index (Phi) is 10.4. The molecular formula is C30H34N6O10S. The second-order valence-electron chi connectivity index (χ2n) is 11.6. The summed E-state index contributed by atoms with van der Waals surface area (Å²) in [4.78, 5) is 77.4. The smallest absolute Gasteiger partial charge is 0.410 e. The van der Waals surface area contributed by atoms with Crippen LogP contribution >= 0.6 is 12.6 Å². The lowest BCUT2D eigenvalue weighted by Crippen LogP contribution is -2.51. The van der Waals surface area contributed by atoms with Crippen LogP contribution in [0.4, 0.5) is 21.0 Å². The third-order valence-electron chi connectivity index (χ3n) is 8.45. The highest BCUT2D eigenvalue weighted by Gasteiger charge is 2.43. The topological polar surface area (TPSA) is 195 Å². The third-order valence-corrected chi connectivity index (χ3v) is 8.83. The van der Waals surface area contributed by atoms with Crippen LogP contribution in [-0.4, -0.2) is 98.1 Å². The molecule has 250 valence electrons. The van der Waals surface area contributed by atoms with E-state index in [0.29, 0.717) is 49.9 Å². The van der Waals surface area contributed by atoms with Crippen LogP contribution in [0.15, 0.2) is 48.5 Å². The molecule has 2 aromatic rings. The standard InChI is InChI=1S/C30H34N6O10S/c37-27(25-2-1-12-33(25)29(39)45-17-19-3-7-22(8-4-19)35(41)42)31-21-11-13-32(15-21)28(38)26-14-24(47)16-34(26)30(40)46-18-20-5-9-23(10-6-20)36(43)44/h3-10,21,24-26,47H,1-2,11-18H2,(H,31,37)/t21-,24+,25-,26+/m1/s1. The van der Waals surface area contributed by atoms with Gasteiger partial charge in [0, 0.05) is 61.7 Å². The van der Waals surface area contributed by atoms with Gasteiger partial charge < -0.3 is 19.7 Å². The van der Waals surface area contributed by atoms with E-state index >= 15 is 0 Å². The molecule has 17 heteroatoms. The Labute approximate surface area is 274 Å². The highest BCUT2D eigenvalue weighted by atomic mass is 32.1. The van der Waals surface area contributed by atoms with E-state index in [1.54, 1.807) is 4.90 Å². The Hall–Kier alpha value is -4.93. The van der Waals surface area contributed by atoms with E-state index in [1.165, 1.54) is 58.3 Å². The van der Waals surface area contributed by atoms with Crippen molar-refractivity contribution in [2.45, 2.75) is 62.3 Å². The highest BCUT2D eigenvalue weighted by molar-refractivity contribution is 7.81. The molecule has 3 aliphatic rings. The molecule has 0 saturated carbocycles. The van der Waals surface area contributed by atoms with Crippen LogP contribution in [0.1, 0.15) is 36.8 Å². The number of nitro benzene ring substituents is 2. The number of amides is 4. The molecule has 16 nitrogen and oxygen atoms in total. The Balaban J connectivity index is 1.10. The van der Waals surface area contributed by atoms with Gasteiger partial charge in [-0.3, -0.25) is 39.6 Å². The van der Waals surface area contributed by atoms with E-state index < -0.39 is 34.1 Å². The highest BCUT2D eigenvalue weighted by Crippen LogP contribution is 2.27. The van der Waals surface area contributed by atoms with Gasteiger partial charge in [0.1, 0.15) is 25.3 Å². The maximum Gasteiger partial charge on any atom is 0.410 e. The van der Waals surface area contributed by atoms with Gasteiger partial charge in [0.05, 0.1) is 9.85 Å². The first-order chi connectivity index (χ1) is 22.5. The summed E-state index contributed by atoms with van der Waals surface area (Å²) in [6, 6.07) is 9.40.